The minimum atomic E-state index is -0.617. The summed E-state index contributed by atoms with van der Waals surface area (Å²) in [6, 6.07) is 13.9. The van der Waals surface area contributed by atoms with E-state index in [2.05, 4.69) is 43.1 Å². The third-order valence-electron chi connectivity index (χ3n) is 7.14. The molecule has 2 heterocycles. The number of nitrogens with one attached hydrogen (secondary N) is 1. The van der Waals surface area contributed by atoms with E-state index >= 15 is 0 Å². The zero-order valence-electron chi connectivity index (χ0n) is 21.0. The van der Waals surface area contributed by atoms with Gasteiger partial charge in [-0.05, 0) is 43.2 Å². The number of aromatic amines is 1. The number of carbonyl (C=O) groups is 3. The van der Waals surface area contributed by atoms with Gasteiger partial charge in [-0.2, -0.15) is 0 Å². The number of piperidine rings is 1. The van der Waals surface area contributed by atoms with Crippen molar-refractivity contribution in [3.63, 3.8) is 0 Å². The number of likely N-dealkylation sites (tertiary alicyclic amines) is 1. The van der Waals surface area contributed by atoms with E-state index in [1.54, 1.807) is 12.1 Å². The number of methoxy groups -OCH3 is 1. The smallest absolute Gasteiger partial charge is 0.294 e. The number of hydrogen-bond donors (Lipinski definition) is 1. The van der Waals surface area contributed by atoms with Gasteiger partial charge in [0.05, 0.1) is 18.2 Å². The predicted octanol–water partition coefficient (Wildman–Crippen LogP) is 4.18. The van der Waals surface area contributed by atoms with E-state index in [0.717, 1.165) is 12.8 Å². The molecule has 1 aliphatic heterocycles. The third-order valence-corrected chi connectivity index (χ3v) is 7.14. The number of ether oxygens (including phenoxy) is 1. The Bertz CT molecular complexity index is 1250. The Morgan fingerprint density at radius 3 is 2.46 bits per heavy atom. The van der Waals surface area contributed by atoms with Crippen LogP contribution in [0.4, 0.5) is 0 Å². The highest BCUT2D eigenvalue weighted by Gasteiger charge is 2.35. The number of H-pyrrole nitrogens is 1. The fraction of sp³-hybridized carbons (Fsp3) is 0.393. The van der Waals surface area contributed by atoms with Crippen LogP contribution < -0.4 is 4.74 Å². The first kappa shape index (κ1) is 24.5. The normalized spacial score (nSPS) is 20.0. The Hall–Kier alpha value is -3.61. The van der Waals surface area contributed by atoms with E-state index in [4.69, 9.17) is 4.74 Å². The second-order valence-electron chi connectivity index (χ2n) is 9.80. The maximum absolute atomic E-state index is 13.8. The first-order valence-electron chi connectivity index (χ1n) is 12.0. The first-order chi connectivity index (χ1) is 16.7. The highest BCUT2D eigenvalue weighted by atomic mass is 16.5. The number of carbonyl (C=O) groups excluding carboxylic acids is 3. The van der Waals surface area contributed by atoms with E-state index in [1.165, 1.54) is 37.9 Å². The van der Waals surface area contributed by atoms with E-state index in [1.807, 2.05) is 11.0 Å². The van der Waals surface area contributed by atoms with E-state index in [9.17, 15) is 14.4 Å². The van der Waals surface area contributed by atoms with Gasteiger partial charge in [0.25, 0.3) is 17.6 Å². The fourth-order valence-corrected chi connectivity index (χ4v) is 5.07. The summed E-state index contributed by atoms with van der Waals surface area (Å²) < 4.78 is 5.56. The molecule has 1 aromatic heterocycles. The Kier molecular flexibility index (Phi) is 6.96. The van der Waals surface area contributed by atoms with Crippen LogP contribution in [-0.4, -0.2) is 66.2 Å². The molecule has 1 unspecified atom stereocenters. The Balaban J connectivity index is 1.62. The van der Waals surface area contributed by atoms with Gasteiger partial charge in [-0.15, -0.1) is 0 Å². The van der Waals surface area contributed by atoms with Crippen molar-refractivity contribution in [2.24, 2.45) is 11.8 Å². The van der Waals surface area contributed by atoms with Crippen LogP contribution in [-0.2, 0) is 11.2 Å². The van der Waals surface area contributed by atoms with Crippen molar-refractivity contribution >= 4 is 28.5 Å². The van der Waals surface area contributed by atoms with Gasteiger partial charge in [-0.25, -0.2) is 0 Å². The molecule has 0 saturated carbocycles. The number of hydrogen-bond acceptors (Lipinski definition) is 4. The molecule has 184 valence electrons. The fourth-order valence-electron chi connectivity index (χ4n) is 5.07. The maximum Gasteiger partial charge on any atom is 0.294 e. The van der Waals surface area contributed by atoms with Gasteiger partial charge in [0.2, 0.25) is 0 Å². The number of benzene rings is 2. The van der Waals surface area contributed by atoms with E-state index in [0.29, 0.717) is 40.6 Å². The molecule has 7 nitrogen and oxygen atoms in total. The lowest BCUT2D eigenvalue weighted by Gasteiger charge is -2.42. The molecule has 0 radical (unpaired) electrons. The first-order valence-corrected chi connectivity index (χ1v) is 12.0. The molecule has 0 aliphatic carbocycles. The molecule has 3 atom stereocenters. The lowest BCUT2D eigenvalue weighted by Crippen LogP contribution is -2.48. The molecule has 35 heavy (non-hydrogen) atoms. The predicted molar refractivity (Wildman–Crippen MR) is 136 cm³/mol. The average molecular weight is 476 g/mol. The zero-order chi connectivity index (χ0) is 25.3. The molecular formula is C28H33N3O4. The van der Waals surface area contributed by atoms with Crippen LogP contribution in [0.2, 0.25) is 0 Å². The molecule has 0 spiro atoms. The van der Waals surface area contributed by atoms with Crippen LogP contribution in [0.1, 0.15) is 46.5 Å². The van der Waals surface area contributed by atoms with Gasteiger partial charge in [-0.1, -0.05) is 37.3 Å². The largest absolute Gasteiger partial charge is 0.496 e. The summed E-state index contributed by atoms with van der Waals surface area (Å²) in [5.41, 5.74) is 2.60. The van der Waals surface area contributed by atoms with Crippen molar-refractivity contribution in [1.29, 1.82) is 0 Å². The molecule has 2 aromatic carbocycles. The van der Waals surface area contributed by atoms with Crippen LogP contribution in [0.3, 0.4) is 0 Å². The molecule has 2 amide bonds. The SMILES string of the molecule is COc1cc2[nH]cc(C(=O)C(=O)N(C)C)c2cc1C(=O)N1C[C@@H](C)C(Cc2ccccc2)C[C@@H]1C. The van der Waals surface area contributed by atoms with E-state index in [-0.39, 0.29) is 17.5 Å². The summed E-state index contributed by atoms with van der Waals surface area (Å²) >= 11 is 0. The molecule has 1 saturated heterocycles. The summed E-state index contributed by atoms with van der Waals surface area (Å²) in [5, 5.41) is 0.536. The monoisotopic (exact) mass is 475 g/mol. The van der Waals surface area contributed by atoms with Gasteiger partial charge in [0.15, 0.2) is 0 Å². The van der Waals surface area contributed by atoms with Crippen LogP contribution in [0.5, 0.6) is 5.75 Å². The number of likely N-dealkylation sites (N-methyl/N-ethyl adjacent to an activating group) is 1. The van der Waals surface area contributed by atoms with Gasteiger partial charge in [-0.3, -0.25) is 14.4 Å². The number of rotatable bonds is 6. The van der Waals surface area contributed by atoms with Gasteiger partial charge < -0.3 is 19.5 Å². The minimum absolute atomic E-state index is 0.0652. The molecule has 4 rings (SSSR count). The quantitative estimate of drug-likeness (QED) is 0.428. The number of aromatic nitrogens is 1. The van der Waals surface area contributed by atoms with Crippen molar-refractivity contribution < 1.29 is 19.1 Å². The topological polar surface area (TPSA) is 82.7 Å². The van der Waals surface area contributed by atoms with Crippen LogP contribution in [0.25, 0.3) is 10.9 Å². The molecular weight excluding hydrogens is 442 g/mol. The molecule has 1 fully saturated rings. The summed E-state index contributed by atoms with van der Waals surface area (Å²) in [6.07, 6.45) is 3.43. The summed E-state index contributed by atoms with van der Waals surface area (Å²) in [5.74, 6) is -0.0848. The zero-order valence-corrected chi connectivity index (χ0v) is 21.0. The molecule has 1 N–H and O–H groups in total. The number of amides is 2. The second-order valence-corrected chi connectivity index (χ2v) is 9.80. The molecule has 3 aromatic rings. The second kappa shape index (κ2) is 9.94. The van der Waals surface area contributed by atoms with Crippen molar-refractivity contribution in [2.75, 3.05) is 27.7 Å². The van der Waals surface area contributed by atoms with Crippen molar-refractivity contribution in [3.8, 4) is 5.75 Å². The molecule has 0 bridgehead atoms. The highest BCUT2D eigenvalue weighted by Crippen LogP contribution is 2.34. The number of nitrogens with zero attached hydrogens (tertiary/aromatic N) is 2. The van der Waals surface area contributed by atoms with Gasteiger partial charge in [0.1, 0.15) is 5.75 Å². The van der Waals surface area contributed by atoms with Crippen molar-refractivity contribution in [2.45, 2.75) is 32.7 Å². The summed E-state index contributed by atoms with van der Waals surface area (Å²) in [7, 11) is 4.61. The standard InChI is InChI=1S/C28H33N3O4/c1-17-16-31(18(2)11-20(17)12-19-9-7-6-8-10-19)27(33)22-13-21-23(26(32)28(34)30(3)4)15-29-24(21)14-25(22)35-5/h6-10,13-15,17-18,20,29H,11-12,16H2,1-5H3/t17-,18+,20?/m1/s1. The molecule has 7 heteroatoms. The van der Waals surface area contributed by atoms with Crippen LogP contribution in [0.15, 0.2) is 48.7 Å². The number of fused-ring (bicyclic) bond motifs is 1. The van der Waals surface area contributed by atoms with Crippen molar-refractivity contribution in [3.05, 3.63) is 65.4 Å². The summed E-state index contributed by atoms with van der Waals surface area (Å²) in [6.45, 7) is 4.94. The van der Waals surface area contributed by atoms with Gasteiger partial charge in [0, 0.05) is 49.8 Å². The van der Waals surface area contributed by atoms with Gasteiger partial charge >= 0.3 is 0 Å². The van der Waals surface area contributed by atoms with Crippen LogP contribution >= 0.6 is 0 Å². The Labute approximate surface area is 206 Å². The summed E-state index contributed by atoms with van der Waals surface area (Å²) in [4.78, 5) is 45.0. The Morgan fingerprint density at radius 1 is 1.09 bits per heavy atom. The minimum Gasteiger partial charge on any atom is -0.496 e. The van der Waals surface area contributed by atoms with E-state index < -0.39 is 11.7 Å². The average Bonchev–Trinajstić information content (AvgIpc) is 3.27. The lowest BCUT2D eigenvalue weighted by atomic mass is 9.79. The third kappa shape index (κ3) is 4.81. The maximum atomic E-state index is 13.8. The Morgan fingerprint density at radius 2 is 1.80 bits per heavy atom. The van der Waals surface area contributed by atoms with Crippen LogP contribution in [0, 0.1) is 11.8 Å². The number of ketones is 1. The number of Topliss-reactive ketones (excluding diaryl/α,β-unsaturated/α-hetero) is 1. The van der Waals surface area contributed by atoms with Crippen molar-refractivity contribution in [1.82, 2.24) is 14.8 Å². The lowest BCUT2D eigenvalue weighted by molar-refractivity contribution is -0.124. The molecule has 1 aliphatic rings. The highest BCUT2D eigenvalue weighted by molar-refractivity contribution is 6.44.